The van der Waals surface area contributed by atoms with Gasteiger partial charge < -0.3 is 9.88 Å². The Bertz CT molecular complexity index is 1180. The molecule has 0 unspecified atom stereocenters. The Morgan fingerprint density at radius 3 is 2.57 bits per heavy atom. The lowest BCUT2D eigenvalue weighted by atomic mass is 10.1. The van der Waals surface area contributed by atoms with Gasteiger partial charge in [-0.15, -0.1) is 0 Å². The number of imidazole rings is 1. The number of carbonyl (C=O) groups excluding carboxylic acids is 1. The highest BCUT2D eigenvalue weighted by atomic mass is 35.5. The first kappa shape index (κ1) is 18.2. The fourth-order valence-corrected chi connectivity index (χ4v) is 3.62. The Morgan fingerprint density at radius 1 is 1.14 bits per heavy atom. The molecule has 7 heteroatoms. The van der Waals surface area contributed by atoms with E-state index in [1.54, 1.807) is 49.1 Å². The molecule has 4 aromatic rings. The maximum absolute atomic E-state index is 12.8. The number of halogens is 2. The zero-order valence-corrected chi connectivity index (χ0v) is 16.1. The topological polar surface area (TPSA) is 59.8 Å². The number of aromatic nitrogens is 3. The van der Waals surface area contributed by atoms with Gasteiger partial charge in [-0.05, 0) is 18.2 Å². The fourth-order valence-electron chi connectivity index (χ4n) is 3.05. The molecule has 28 heavy (non-hydrogen) atoms. The van der Waals surface area contributed by atoms with E-state index in [2.05, 4.69) is 21.9 Å². The van der Waals surface area contributed by atoms with Crippen LogP contribution in [-0.2, 0) is 0 Å². The normalized spacial score (nSPS) is 10.8. The van der Waals surface area contributed by atoms with Gasteiger partial charge in [-0.2, -0.15) is 0 Å². The summed E-state index contributed by atoms with van der Waals surface area (Å²) in [4.78, 5) is 21.4. The van der Waals surface area contributed by atoms with Crippen molar-refractivity contribution in [3.63, 3.8) is 0 Å². The van der Waals surface area contributed by atoms with Crippen molar-refractivity contribution in [3.8, 4) is 5.69 Å². The van der Waals surface area contributed by atoms with Crippen molar-refractivity contribution in [2.75, 3.05) is 5.32 Å². The molecule has 0 atom stereocenters. The van der Waals surface area contributed by atoms with Gasteiger partial charge in [-0.3, -0.25) is 9.78 Å². The lowest BCUT2D eigenvalue weighted by molar-refractivity contribution is 0.102. The number of nitrogens with zero attached hydrogens (tertiary/aromatic N) is 3. The van der Waals surface area contributed by atoms with E-state index in [9.17, 15) is 4.79 Å². The zero-order chi connectivity index (χ0) is 19.7. The van der Waals surface area contributed by atoms with Gasteiger partial charge in [0.05, 0.1) is 38.8 Å². The van der Waals surface area contributed by atoms with E-state index in [1.165, 1.54) is 0 Å². The molecule has 1 N–H and O–H groups in total. The number of carbonyl (C=O) groups is 1. The zero-order valence-electron chi connectivity index (χ0n) is 14.6. The van der Waals surface area contributed by atoms with Gasteiger partial charge in [-0.25, -0.2) is 4.98 Å². The number of hydrogen-bond donors (Lipinski definition) is 1. The molecule has 2 aromatic heterocycles. The van der Waals surface area contributed by atoms with E-state index in [0.29, 0.717) is 11.2 Å². The Morgan fingerprint density at radius 2 is 1.89 bits per heavy atom. The van der Waals surface area contributed by atoms with Crippen LogP contribution in [0.1, 0.15) is 15.9 Å². The van der Waals surface area contributed by atoms with Crippen molar-refractivity contribution < 1.29 is 4.79 Å². The number of anilines is 1. The number of amides is 1. The molecule has 0 radical (unpaired) electrons. The van der Waals surface area contributed by atoms with Crippen molar-refractivity contribution in [2.24, 2.45) is 0 Å². The minimum Gasteiger partial charge on any atom is -0.320 e. The number of nitrogens with one attached hydrogen (secondary N) is 1. The van der Waals surface area contributed by atoms with E-state index in [4.69, 9.17) is 23.2 Å². The summed E-state index contributed by atoms with van der Waals surface area (Å²) in [5.74, 6) is -0.401. The van der Waals surface area contributed by atoms with Crippen molar-refractivity contribution >= 4 is 51.8 Å². The Kier molecular flexibility index (Phi) is 4.86. The second-order valence-corrected chi connectivity index (χ2v) is 6.80. The molecular weight excluding hydrogens is 395 g/mol. The number of hydrogen-bond acceptors (Lipinski definition) is 3. The van der Waals surface area contributed by atoms with Gasteiger partial charge in [0.25, 0.3) is 5.91 Å². The molecule has 2 aromatic carbocycles. The third kappa shape index (κ3) is 3.15. The van der Waals surface area contributed by atoms with E-state index >= 15 is 0 Å². The number of para-hydroxylation sites is 1. The standard InChI is InChI=1S/C21H14Cl2N4O/c1-2-13-11-25-19-14(20(13)27-10-9-24-12-27)5-3-8-17(19)26-21(28)18-15(22)6-4-7-16(18)23/h2-12H,1H2,(H,26,28). The summed E-state index contributed by atoms with van der Waals surface area (Å²) in [7, 11) is 0. The molecule has 0 bridgehead atoms. The highest BCUT2D eigenvalue weighted by Crippen LogP contribution is 2.31. The second-order valence-electron chi connectivity index (χ2n) is 5.99. The average molecular weight is 409 g/mol. The Labute approximate surface area is 171 Å². The third-order valence-corrected chi connectivity index (χ3v) is 4.95. The molecule has 4 rings (SSSR count). The van der Waals surface area contributed by atoms with Crippen LogP contribution in [0.4, 0.5) is 5.69 Å². The molecule has 0 saturated heterocycles. The molecule has 5 nitrogen and oxygen atoms in total. The summed E-state index contributed by atoms with van der Waals surface area (Å²) < 4.78 is 1.89. The van der Waals surface area contributed by atoms with Crippen LogP contribution in [-0.4, -0.2) is 20.4 Å². The molecule has 0 fully saturated rings. The number of benzene rings is 2. The first-order valence-electron chi connectivity index (χ1n) is 8.38. The summed E-state index contributed by atoms with van der Waals surface area (Å²) >= 11 is 12.3. The lowest BCUT2D eigenvalue weighted by Crippen LogP contribution is -2.14. The summed E-state index contributed by atoms with van der Waals surface area (Å²) in [6.07, 6.45) is 8.69. The van der Waals surface area contributed by atoms with E-state index in [-0.39, 0.29) is 15.6 Å². The van der Waals surface area contributed by atoms with Crippen LogP contribution >= 0.6 is 23.2 Å². The molecule has 2 heterocycles. The number of fused-ring (bicyclic) bond motifs is 1. The van der Waals surface area contributed by atoms with Crippen molar-refractivity contribution in [3.05, 3.63) is 89.1 Å². The SMILES string of the molecule is C=Cc1cnc2c(NC(=O)c3c(Cl)cccc3Cl)cccc2c1-n1ccnc1. The smallest absolute Gasteiger partial charge is 0.258 e. The van der Waals surface area contributed by atoms with E-state index in [1.807, 2.05) is 22.9 Å². The lowest BCUT2D eigenvalue weighted by Gasteiger charge is -2.14. The fraction of sp³-hybridized carbons (Fsp3) is 0. The molecule has 138 valence electrons. The number of pyridine rings is 1. The first-order chi connectivity index (χ1) is 13.6. The summed E-state index contributed by atoms with van der Waals surface area (Å²) in [6.45, 7) is 3.87. The third-order valence-electron chi connectivity index (χ3n) is 4.32. The highest BCUT2D eigenvalue weighted by molar-refractivity contribution is 6.40. The van der Waals surface area contributed by atoms with Crippen molar-refractivity contribution in [2.45, 2.75) is 0 Å². The number of rotatable bonds is 4. The largest absolute Gasteiger partial charge is 0.320 e. The van der Waals surface area contributed by atoms with Crippen LogP contribution < -0.4 is 5.32 Å². The molecule has 0 aliphatic heterocycles. The highest BCUT2D eigenvalue weighted by Gasteiger charge is 2.17. The molecule has 0 saturated carbocycles. The molecule has 0 aliphatic carbocycles. The summed E-state index contributed by atoms with van der Waals surface area (Å²) in [6, 6.07) is 10.5. The van der Waals surface area contributed by atoms with Crippen molar-refractivity contribution in [1.82, 2.24) is 14.5 Å². The monoisotopic (exact) mass is 408 g/mol. The molecule has 0 aliphatic rings. The van der Waals surface area contributed by atoms with Crippen LogP contribution in [0, 0.1) is 0 Å². The first-order valence-corrected chi connectivity index (χ1v) is 9.13. The minimum atomic E-state index is -0.401. The van der Waals surface area contributed by atoms with Gasteiger partial charge in [0.1, 0.15) is 0 Å². The van der Waals surface area contributed by atoms with Gasteiger partial charge >= 0.3 is 0 Å². The average Bonchev–Trinajstić information content (AvgIpc) is 3.21. The van der Waals surface area contributed by atoms with Crippen LogP contribution in [0.15, 0.2) is 67.9 Å². The predicted molar refractivity (Wildman–Crippen MR) is 113 cm³/mol. The quantitative estimate of drug-likeness (QED) is 0.476. The van der Waals surface area contributed by atoms with E-state index in [0.717, 1.165) is 16.6 Å². The summed E-state index contributed by atoms with van der Waals surface area (Å²) in [5, 5.41) is 4.28. The van der Waals surface area contributed by atoms with Gasteiger partial charge in [0.15, 0.2) is 0 Å². The van der Waals surface area contributed by atoms with Crippen molar-refractivity contribution in [1.29, 1.82) is 0 Å². The molecule has 0 spiro atoms. The second kappa shape index (κ2) is 7.46. The molecule has 1 amide bonds. The summed E-state index contributed by atoms with van der Waals surface area (Å²) in [5.41, 5.74) is 3.14. The van der Waals surface area contributed by atoms with Crippen LogP contribution in [0.5, 0.6) is 0 Å². The minimum absolute atomic E-state index is 0.223. The van der Waals surface area contributed by atoms with Crippen LogP contribution in [0.3, 0.4) is 0 Å². The maximum Gasteiger partial charge on any atom is 0.258 e. The van der Waals surface area contributed by atoms with E-state index < -0.39 is 5.91 Å². The van der Waals surface area contributed by atoms with Gasteiger partial charge in [0, 0.05) is 29.5 Å². The Hall–Kier alpha value is -3.15. The van der Waals surface area contributed by atoms with Crippen LogP contribution in [0.2, 0.25) is 10.0 Å². The van der Waals surface area contributed by atoms with Crippen LogP contribution in [0.25, 0.3) is 22.7 Å². The maximum atomic E-state index is 12.8. The van der Waals surface area contributed by atoms with Gasteiger partial charge in [0.2, 0.25) is 0 Å². The Balaban J connectivity index is 1.84. The van der Waals surface area contributed by atoms with Gasteiger partial charge in [-0.1, -0.05) is 54.1 Å². The molecular formula is C21H14Cl2N4O. The predicted octanol–water partition coefficient (Wildman–Crippen LogP) is 5.62.